The van der Waals surface area contributed by atoms with Gasteiger partial charge in [-0.25, -0.2) is 14.8 Å². The van der Waals surface area contributed by atoms with Gasteiger partial charge in [0.2, 0.25) is 5.95 Å². The Hall–Kier alpha value is -3.98. The molecule has 1 unspecified atom stereocenters. The largest absolute Gasteiger partial charge is 0.338 e. The van der Waals surface area contributed by atoms with Crippen molar-refractivity contribution in [3.05, 3.63) is 84.1 Å². The van der Waals surface area contributed by atoms with Crippen molar-refractivity contribution in [3.8, 4) is 0 Å². The van der Waals surface area contributed by atoms with Crippen LogP contribution in [0.4, 0.5) is 16.4 Å². The van der Waals surface area contributed by atoms with Gasteiger partial charge in [0, 0.05) is 57.0 Å². The number of para-hydroxylation sites is 1. The zero-order valence-electron chi connectivity index (χ0n) is 21.1. The molecule has 4 heterocycles. The number of fused-ring (bicyclic) bond motifs is 2. The molecule has 1 atom stereocenters. The molecule has 1 aromatic carbocycles. The van der Waals surface area contributed by atoms with Gasteiger partial charge in [0.15, 0.2) is 0 Å². The predicted octanol–water partition coefficient (Wildman–Crippen LogP) is 3.99. The average molecular weight is 497 g/mol. The van der Waals surface area contributed by atoms with Crippen molar-refractivity contribution in [2.24, 2.45) is 0 Å². The Morgan fingerprint density at radius 2 is 1.86 bits per heavy atom. The molecule has 0 radical (unpaired) electrons. The van der Waals surface area contributed by atoms with Gasteiger partial charge in [0.1, 0.15) is 5.65 Å². The number of hydrogen-bond donors (Lipinski definition) is 1. The number of carbonyl (C=O) groups is 1. The number of aryl methyl sites for hydroxylation is 1. The first-order valence-corrected chi connectivity index (χ1v) is 13.0. The number of nitrogens with zero attached hydrogens (tertiary/aromatic N) is 7. The summed E-state index contributed by atoms with van der Waals surface area (Å²) >= 11 is 0. The standard InChI is InChI=1S/C28H32N8O/c1-33(24-11-5-7-21-8-6-13-29-26(21)24)19-23-20-36-25(31-23)12-14-30-27(36)34-15-17-35(18-16-34)28(37)32-22-9-3-2-4-10-22/h2-4,6,8-10,12-14,20,24H,5,7,11,15-19H2,1H3,(H,32,37). The number of rotatable bonds is 5. The number of pyridine rings is 1. The molecule has 1 aliphatic carbocycles. The second kappa shape index (κ2) is 10.2. The number of amides is 2. The molecule has 0 saturated carbocycles. The normalized spacial score (nSPS) is 17.7. The lowest BCUT2D eigenvalue weighted by molar-refractivity contribution is 0.206. The average Bonchev–Trinajstić information content (AvgIpc) is 3.36. The van der Waals surface area contributed by atoms with Gasteiger partial charge in [-0.1, -0.05) is 24.3 Å². The van der Waals surface area contributed by atoms with Crippen molar-refractivity contribution in [1.82, 2.24) is 29.2 Å². The minimum Gasteiger partial charge on any atom is -0.338 e. The molecule has 4 aromatic rings. The number of urea groups is 1. The number of nitrogens with one attached hydrogen (secondary N) is 1. The summed E-state index contributed by atoms with van der Waals surface area (Å²) in [6.45, 7) is 3.44. The third kappa shape index (κ3) is 4.86. The molecule has 0 spiro atoms. The lowest BCUT2D eigenvalue weighted by Crippen LogP contribution is -2.50. The number of piperazine rings is 1. The summed E-state index contributed by atoms with van der Waals surface area (Å²) in [5.41, 5.74) is 5.28. The van der Waals surface area contributed by atoms with Crippen LogP contribution in [0.1, 0.15) is 35.8 Å². The second-order valence-corrected chi connectivity index (χ2v) is 9.85. The van der Waals surface area contributed by atoms with Gasteiger partial charge in [-0.05, 0) is 56.1 Å². The molecule has 37 heavy (non-hydrogen) atoms. The molecule has 3 aromatic heterocycles. The zero-order valence-corrected chi connectivity index (χ0v) is 21.1. The first-order valence-electron chi connectivity index (χ1n) is 13.0. The summed E-state index contributed by atoms with van der Waals surface area (Å²) in [6, 6.07) is 16.0. The number of hydrogen-bond acceptors (Lipinski definition) is 6. The van der Waals surface area contributed by atoms with E-state index in [0.717, 1.165) is 42.4 Å². The monoisotopic (exact) mass is 496 g/mol. The van der Waals surface area contributed by atoms with Gasteiger partial charge >= 0.3 is 6.03 Å². The number of carbonyl (C=O) groups excluding carboxylic acids is 1. The van der Waals surface area contributed by atoms with Crippen molar-refractivity contribution in [1.29, 1.82) is 0 Å². The highest BCUT2D eigenvalue weighted by Crippen LogP contribution is 2.32. The Labute approximate surface area is 216 Å². The van der Waals surface area contributed by atoms with Crippen LogP contribution >= 0.6 is 0 Å². The van der Waals surface area contributed by atoms with E-state index in [2.05, 4.69) is 43.8 Å². The van der Waals surface area contributed by atoms with Crippen LogP contribution in [0, 0.1) is 0 Å². The summed E-state index contributed by atoms with van der Waals surface area (Å²) in [4.78, 5) is 33.4. The summed E-state index contributed by atoms with van der Waals surface area (Å²) in [5, 5.41) is 2.98. The fourth-order valence-electron chi connectivity index (χ4n) is 5.48. The third-order valence-electron chi connectivity index (χ3n) is 7.40. The summed E-state index contributed by atoms with van der Waals surface area (Å²) in [7, 11) is 2.16. The molecule has 2 amide bonds. The van der Waals surface area contributed by atoms with E-state index in [1.54, 1.807) is 0 Å². The lowest BCUT2D eigenvalue weighted by Gasteiger charge is -2.35. The SMILES string of the molecule is CN(Cc1cn2c(N3CCN(C(=O)Nc4ccccc4)CC3)nccc2n1)C1CCCc2cccnc21. The number of anilines is 2. The van der Waals surface area contributed by atoms with E-state index in [4.69, 9.17) is 9.97 Å². The molecule has 1 fully saturated rings. The Kier molecular flexibility index (Phi) is 6.44. The van der Waals surface area contributed by atoms with Gasteiger partial charge in [-0.15, -0.1) is 0 Å². The summed E-state index contributed by atoms with van der Waals surface area (Å²) in [5.74, 6) is 0.867. The van der Waals surface area contributed by atoms with Crippen LogP contribution in [-0.4, -0.2) is 68.4 Å². The topological polar surface area (TPSA) is 81.9 Å². The van der Waals surface area contributed by atoms with Crippen molar-refractivity contribution in [2.75, 3.05) is 43.4 Å². The van der Waals surface area contributed by atoms with E-state index < -0.39 is 0 Å². The maximum Gasteiger partial charge on any atom is 0.321 e. The Morgan fingerprint density at radius 3 is 2.70 bits per heavy atom. The van der Waals surface area contributed by atoms with Gasteiger partial charge in [-0.3, -0.25) is 14.3 Å². The van der Waals surface area contributed by atoms with E-state index >= 15 is 0 Å². The van der Waals surface area contributed by atoms with Crippen LogP contribution in [-0.2, 0) is 13.0 Å². The smallest absolute Gasteiger partial charge is 0.321 e. The maximum absolute atomic E-state index is 12.7. The number of imidazole rings is 1. The van der Waals surface area contributed by atoms with Gasteiger partial charge in [-0.2, -0.15) is 0 Å². The first-order chi connectivity index (χ1) is 18.2. The Morgan fingerprint density at radius 1 is 1.03 bits per heavy atom. The minimum atomic E-state index is -0.0660. The highest BCUT2D eigenvalue weighted by atomic mass is 16.2. The summed E-state index contributed by atoms with van der Waals surface area (Å²) in [6.07, 6.45) is 9.23. The molecule has 2 aliphatic rings. The van der Waals surface area contributed by atoms with Crippen LogP contribution in [0.3, 0.4) is 0 Å². The highest BCUT2D eigenvalue weighted by Gasteiger charge is 2.26. The quantitative estimate of drug-likeness (QED) is 0.450. The Balaban J connectivity index is 1.13. The second-order valence-electron chi connectivity index (χ2n) is 9.85. The van der Waals surface area contributed by atoms with E-state index in [-0.39, 0.29) is 6.03 Å². The molecular formula is C28H32N8O. The van der Waals surface area contributed by atoms with Crippen molar-refractivity contribution < 1.29 is 4.79 Å². The molecular weight excluding hydrogens is 464 g/mol. The highest BCUT2D eigenvalue weighted by molar-refractivity contribution is 5.89. The van der Waals surface area contributed by atoms with Gasteiger partial charge in [0.25, 0.3) is 0 Å². The Bertz CT molecular complexity index is 1380. The zero-order chi connectivity index (χ0) is 25.2. The van der Waals surface area contributed by atoms with Gasteiger partial charge < -0.3 is 15.1 Å². The maximum atomic E-state index is 12.7. The first kappa shape index (κ1) is 23.4. The van der Waals surface area contributed by atoms with E-state index in [1.165, 1.54) is 17.7 Å². The molecule has 0 bridgehead atoms. The molecule has 6 rings (SSSR count). The van der Waals surface area contributed by atoms with Crippen LogP contribution in [0.15, 0.2) is 67.1 Å². The fraction of sp³-hybridized carbons (Fsp3) is 0.357. The predicted molar refractivity (Wildman–Crippen MR) is 144 cm³/mol. The number of aromatic nitrogens is 4. The van der Waals surface area contributed by atoms with Crippen LogP contribution in [0.2, 0.25) is 0 Å². The van der Waals surface area contributed by atoms with E-state index in [1.807, 2.05) is 59.8 Å². The minimum absolute atomic E-state index is 0.0660. The van der Waals surface area contributed by atoms with Crippen LogP contribution in [0.25, 0.3) is 5.65 Å². The molecule has 9 nitrogen and oxygen atoms in total. The molecule has 190 valence electrons. The summed E-state index contributed by atoms with van der Waals surface area (Å²) < 4.78 is 2.08. The molecule has 9 heteroatoms. The molecule has 1 N–H and O–H groups in total. The lowest BCUT2D eigenvalue weighted by atomic mass is 9.91. The third-order valence-corrected chi connectivity index (χ3v) is 7.40. The molecule has 1 saturated heterocycles. The van der Waals surface area contributed by atoms with Crippen LogP contribution in [0.5, 0.6) is 0 Å². The van der Waals surface area contributed by atoms with Crippen molar-refractivity contribution >= 4 is 23.3 Å². The van der Waals surface area contributed by atoms with Crippen LogP contribution < -0.4 is 10.2 Å². The van der Waals surface area contributed by atoms with Crippen molar-refractivity contribution in [2.45, 2.75) is 31.8 Å². The van der Waals surface area contributed by atoms with E-state index in [0.29, 0.717) is 32.2 Å². The van der Waals surface area contributed by atoms with E-state index in [9.17, 15) is 4.79 Å². The fourth-order valence-corrected chi connectivity index (χ4v) is 5.48. The van der Waals surface area contributed by atoms with Gasteiger partial charge in [0.05, 0.1) is 17.4 Å². The number of benzene rings is 1. The van der Waals surface area contributed by atoms with Crippen molar-refractivity contribution in [3.63, 3.8) is 0 Å². The molecule has 1 aliphatic heterocycles.